The summed E-state index contributed by atoms with van der Waals surface area (Å²) in [6.45, 7) is 7.84. The number of hydrazone groups is 1. The van der Waals surface area contributed by atoms with Gasteiger partial charge in [-0.1, -0.05) is 6.92 Å². The molecule has 2 aliphatic rings. The summed E-state index contributed by atoms with van der Waals surface area (Å²) in [5.41, 5.74) is 1.47. The van der Waals surface area contributed by atoms with Crippen LogP contribution in [0.3, 0.4) is 0 Å². The number of anilines is 1. The lowest BCUT2D eigenvalue weighted by molar-refractivity contribution is -0.118. The molecule has 1 fully saturated rings. The summed E-state index contributed by atoms with van der Waals surface area (Å²) in [5, 5.41) is 14.3. The Kier molecular flexibility index (Phi) is 5.97. The number of aromatic nitrogens is 1. The van der Waals surface area contributed by atoms with Gasteiger partial charge in [0.1, 0.15) is 17.8 Å². The molecule has 3 heterocycles. The first kappa shape index (κ1) is 21.6. The fourth-order valence-electron chi connectivity index (χ4n) is 3.98. The quantitative estimate of drug-likeness (QED) is 0.736. The Morgan fingerprint density at radius 2 is 2.00 bits per heavy atom. The van der Waals surface area contributed by atoms with Gasteiger partial charge in [-0.15, -0.1) is 0 Å². The number of pyridine rings is 1. The molecule has 8 nitrogen and oxygen atoms in total. The van der Waals surface area contributed by atoms with E-state index < -0.39 is 11.7 Å². The molecular weight excluding hydrogens is 411 g/mol. The van der Waals surface area contributed by atoms with Crippen molar-refractivity contribution < 1.29 is 14.0 Å². The summed E-state index contributed by atoms with van der Waals surface area (Å²) in [5.74, 6) is -1.62. The number of hydrogen-bond acceptors (Lipinski definition) is 6. The van der Waals surface area contributed by atoms with Gasteiger partial charge >= 0.3 is 0 Å². The van der Waals surface area contributed by atoms with Crippen LogP contribution in [-0.2, 0) is 4.79 Å². The molecule has 164 valence electrons. The van der Waals surface area contributed by atoms with Gasteiger partial charge in [-0.05, 0) is 48.9 Å². The molecule has 1 atom stereocenters. The smallest absolute Gasteiger partial charge is 0.261 e. The maximum absolute atomic E-state index is 14.1. The van der Waals surface area contributed by atoms with Gasteiger partial charge in [0, 0.05) is 38.6 Å². The van der Waals surface area contributed by atoms with Gasteiger partial charge in [0.2, 0.25) is 0 Å². The molecule has 1 aromatic heterocycles. The van der Waals surface area contributed by atoms with Gasteiger partial charge in [0.05, 0.1) is 11.1 Å². The van der Waals surface area contributed by atoms with E-state index in [1.54, 1.807) is 30.0 Å². The van der Waals surface area contributed by atoms with Crippen LogP contribution in [0.1, 0.15) is 39.9 Å². The van der Waals surface area contributed by atoms with Crippen molar-refractivity contribution in [2.45, 2.75) is 19.8 Å². The number of aryl methyl sites for hydroxylation is 1. The molecule has 0 radical (unpaired) electrons. The second kappa shape index (κ2) is 8.85. The van der Waals surface area contributed by atoms with Crippen LogP contribution in [0, 0.1) is 24.1 Å². The number of amides is 2. The van der Waals surface area contributed by atoms with E-state index in [9.17, 15) is 14.0 Å². The molecule has 2 amide bonds. The van der Waals surface area contributed by atoms with Gasteiger partial charge in [-0.25, -0.2) is 9.37 Å². The van der Waals surface area contributed by atoms with Crippen LogP contribution in [0.4, 0.5) is 10.2 Å². The van der Waals surface area contributed by atoms with Gasteiger partial charge < -0.3 is 9.80 Å². The average molecular weight is 434 g/mol. The van der Waals surface area contributed by atoms with E-state index in [1.807, 2.05) is 0 Å². The number of hydrogen-bond donors (Lipinski definition) is 0. The molecule has 0 bridgehead atoms. The highest BCUT2D eigenvalue weighted by Crippen LogP contribution is 2.29. The number of rotatable bonds is 4. The highest BCUT2D eigenvalue weighted by atomic mass is 19.1. The molecule has 32 heavy (non-hydrogen) atoms. The molecule has 2 aliphatic heterocycles. The topological polar surface area (TPSA) is 92.9 Å². The zero-order valence-electron chi connectivity index (χ0n) is 18.0. The summed E-state index contributed by atoms with van der Waals surface area (Å²) in [6, 6.07) is 7.65. The van der Waals surface area contributed by atoms with Crippen molar-refractivity contribution in [3.05, 3.63) is 58.5 Å². The summed E-state index contributed by atoms with van der Waals surface area (Å²) >= 11 is 0. The maximum atomic E-state index is 14.1. The van der Waals surface area contributed by atoms with Crippen LogP contribution >= 0.6 is 0 Å². The third-order valence-electron chi connectivity index (χ3n) is 5.94. The van der Waals surface area contributed by atoms with Crippen molar-refractivity contribution in [2.24, 2.45) is 5.10 Å². The Morgan fingerprint density at radius 3 is 2.62 bits per heavy atom. The van der Waals surface area contributed by atoms with Crippen molar-refractivity contribution in [1.82, 2.24) is 14.8 Å². The highest BCUT2D eigenvalue weighted by Gasteiger charge is 2.33. The van der Waals surface area contributed by atoms with E-state index in [0.717, 1.165) is 24.6 Å². The van der Waals surface area contributed by atoms with E-state index >= 15 is 0 Å². The molecule has 4 rings (SSSR count). The van der Waals surface area contributed by atoms with Crippen molar-refractivity contribution >= 4 is 23.8 Å². The van der Waals surface area contributed by atoms with Gasteiger partial charge in [-0.3, -0.25) is 9.59 Å². The predicted octanol–water partition coefficient (Wildman–Crippen LogP) is 2.29. The van der Waals surface area contributed by atoms with E-state index in [-0.39, 0.29) is 23.2 Å². The molecule has 2 aromatic rings. The molecule has 1 saturated heterocycles. The number of carbonyl (C=O) groups excluding carboxylic acids is 2. The molecule has 0 aliphatic carbocycles. The second-order valence-corrected chi connectivity index (χ2v) is 7.82. The van der Waals surface area contributed by atoms with Crippen LogP contribution in [0.2, 0.25) is 0 Å². The maximum Gasteiger partial charge on any atom is 0.261 e. The number of nitriles is 1. The lowest BCUT2D eigenvalue weighted by atomic mass is 9.93. The number of carbonyl (C=O) groups is 2. The Balaban J connectivity index is 1.47. The Labute approximate surface area is 185 Å². The first-order chi connectivity index (χ1) is 15.4. The Morgan fingerprint density at radius 1 is 1.25 bits per heavy atom. The summed E-state index contributed by atoms with van der Waals surface area (Å²) in [4.78, 5) is 34.1. The molecule has 0 N–H and O–H groups in total. The summed E-state index contributed by atoms with van der Waals surface area (Å²) in [6.07, 6.45) is 2.89. The third kappa shape index (κ3) is 3.97. The van der Waals surface area contributed by atoms with Crippen LogP contribution in [0.5, 0.6) is 0 Å². The van der Waals surface area contributed by atoms with Gasteiger partial charge in [-0.2, -0.15) is 15.4 Å². The minimum atomic E-state index is -0.768. The van der Waals surface area contributed by atoms with E-state index in [0.29, 0.717) is 29.8 Å². The number of piperazine rings is 1. The fourth-order valence-corrected chi connectivity index (χ4v) is 3.98. The summed E-state index contributed by atoms with van der Waals surface area (Å²) in [7, 11) is 0. The first-order valence-corrected chi connectivity index (χ1v) is 10.5. The van der Waals surface area contributed by atoms with Gasteiger partial charge in [0.25, 0.3) is 11.8 Å². The van der Waals surface area contributed by atoms with Gasteiger partial charge in [0.15, 0.2) is 5.82 Å². The third-order valence-corrected chi connectivity index (χ3v) is 5.94. The Hall–Kier alpha value is -3.64. The molecule has 9 heteroatoms. The standard InChI is InChI=1S/C23H23FN6O2/c1-3-28-6-8-29(9-7-28)22(31)16-4-5-21(26-13-16)30-23(32)19(14-27-30)18-11-20(24)17(12-25)10-15(18)2/h4-5,10-11,13-14,19H,3,6-9H2,1-2H3. The van der Waals surface area contributed by atoms with E-state index in [4.69, 9.17) is 5.26 Å². The SMILES string of the molecule is CCN1CCN(C(=O)c2ccc(N3N=CC(c4cc(F)c(C#N)cc4C)C3=O)nc2)CC1. The lowest BCUT2D eigenvalue weighted by Gasteiger charge is -2.34. The van der Waals surface area contributed by atoms with Crippen LogP contribution in [0.15, 0.2) is 35.6 Å². The van der Waals surface area contributed by atoms with E-state index in [1.165, 1.54) is 24.5 Å². The molecular formula is C23H23FN6O2. The van der Waals surface area contributed by atoms with Crippen molar-refractivity contribution in [3.63, 3.8) is 0 Å². The average Bonchev–Trinajstić information content (AvgIpc) is 3.20. The lowest BCUT2D eigenvalue weighted by Crippen LogP contribution is -2.48. The van der Waals surface area contributed by atoms with Crippen molar-refractivity contribution in [1.29, 1.82) is 5.26 Å². The number of likely N-dealkylation sites (N-methyl/N-ethyl adjacent to an activating group) is 1. The highest BCUT2D eigenvalue weighted by molar-refractivity contribution is 6.12. The molecule has 1 unspecified atom stereocenters. The predicted molar refractivity (Wildman–Crippen MR) is 117 cm³/mol. The fraction of sp³-hybridized carbons (Fsp3) is 0.348. The molecule has 0 saturated carbocycles. The van der Waals surface area contributed by atoms with Crippen LogP contribution in [0.25, 0.3) is 0 Å². The van der Waals surface area contributed by atoms with Crippen LogP contribution in [-0.4, -0.2) is 65.5 Å². The Bertz CT molecular complexity index is 1120. The number of halogens is 1. The van der Waals surface area contributed by atoms with Crippen molar-refractivity contribution in [2.75, 3.05) is 37.7 Å². The minimum absolute atomic E-state index is 0.0662. The number of nitrogens with zero attached hydrogens (tertiary/aromatic N) is 6. The molecule has 0 spiro atoms. The van der Waals surface area contributed by atoms with E-state index in [2.05, 4.69) is 21.9 Å². The summed E-state index contributed by atoms with van der Waals surface area (Å²) < 4.78 is 14.1. The number of benzene rings is 1. The second-order valence-electron chi connectivity index (χ2n) is 7.82. The largest absolute Gasteiger partial charge is 0.336 e. The normalized spacial score (nSPS) is 18.8. The van der Waals surface area contributed by atoms with Crippen molar-refractivity contribution in [3.8, 4) is 6.07 Å². The first-order valence-electron chi connectivity index (χ1n) is 10.5. The zero-order chi connectivity index (χ0) is 22.8. The minimum Gasteiger partial charge on any atom is -0.336 e. The zero-order valence-corrected chi connectivity index (χ0v) is 18.0. The van der Waals surface area contributed by atoms with Crippen LogP contribution < -0.4 is 5.01 Å². The molecule has 1 aromatic carbocycles. The monoisotopic (exact) mass is 434 g/mol.